The number of hydrogen-bond donors (Lipinski definition) is 2. The van der Waals surface area contributed by atoms with Gasteiger partial charge >= 0.3 is 0 Å². The fourth-order valence-electron chi connectivity index (χ4n) is 4.06. The molecule has 0 bridgehead atoms. The zero-order valence-corrected chi connectivity index (χ0v) is 16.0. The van der Waals surface area contributed by atoms with Crippen LogP contribution in [0.4, 0.5) is 0 Å². The molecule has 0 saturated heterocycles. The van der Waals surface area contributed by atoms with E-state index in [0.717, 1.165) is 37.0 Å². The highest BCUT2D eigenvalue weighted by Crippen LogP contribution is 2.42. The summed E-state index contributed by atoms with van der Waals surface area (Å²) < 4.78 is 6.78. The first-order valence-electron chi connectivity index (χ1n) is 9.40. The van der Waals surface area contributed by atoms with Crippen LogP contribution in [0, 0.1) is 6.92 Å². The molecular formula is C20H23N5O3. The maximum atomic E-state index is 12.9. The number of para-hydroxylation sites is 1. The van der Waals surface area contributed by atoms with Crippen LogP contribution in [0.15, 0.2) is 35.1 Å². The van der Waals surface area contributed by atoms with Crippen molar-refractivity contribution >= 4 is 11.7 Å². The number of aryl methyl sites for hydroxylation is 1. The third-order valence-corrected chi connectivity index (χ3v) is 5.29. The van der Waals surface area contributed by atoms with Crippen molar-refractivity contribution in [1.29, 1.82) is 0 Å². The van der Waals surface area contributed by atoms with E-state index < -0.39 is 5.54 Å². The fraction of sp³-hybridized carbons (Fsp3) is 0.400. The van der Waals surface area contributed by atoms with E-state index in [9.17, 15) is 9.59 Å². The van der Waals surface area contributed by atoms with Gasteiger partial charge in [-0.3, -0.25) is 14.7 Å². The predicted molar refractivity (Wildman–Crippen MR) is 103 cm³/mol. The van der Waals surface area contributed by atoms with Gasteiger partial charge in [0.05, 0.1) is 19.1 Å². The maximum Gasteiger partial charge on any atom is 0.274 e. The third kappa shape index (κ3) is 3.26. The molecule has 1 aliphatic rings. The Kier molecular flexibility index (Phi) is 4.62. The molecule has 8 nitrogen and oxygen atoms in total. The first-order valence-corrected chi connectivity index (χ1v) is 9.40. The van der Waals surface area contributed by atoms with E-state index in [2.05, 4.69) is 20.4 Å². The summed E-state index contributed by atoms with van der Waals surface area (Å²) >= 11 is 0. The Morgan fingerprint density at radius 1 is 1.29 bits per heavy atom. The third-order valence-electron chi connectivity index (χ3n) is 5.29. The highest BCUT2D eigenvalue weighted by Gasteiger charge is 2.39. The van der Waals surface area contributed by atoms with Gasteiger partial charge in [-0.05, 0) is 25.8 Å². The summed E-state index contributed by atoms with van der Waals surface area (Å²) in [7, 11) is 1.64. The van der Waals surface area contributed by atoms with Gasteiger partial charge in [0, 0.05) is 17.3 Å². The minimum Gasteiger partial charge on any atom is -0.496 e. The topological polar surface area (TPSA) is 101 Å². The van der Waals surface area contributed by atoms with Crippen molar-refractivity contribution in [3.05, 3.63) is 57.8 Å². The van der Waals surface area contributed by atoms with Crippen molar-refractivity contribution in [3.8, 4) is 5.75 Å². The van der Waals surface area contributed by atoms with Crippen molar-refractivity contribution < 1.29 is 9.53 Å². The molecule has 2 heterocycles. The molecule has 1 saturated carbocycles. The summed E-state index contributed by atoms with van der Waals surface area (Å²) in [4.78, 5) is 33.4. The van der Waals surface area contributed by atoms with Gasteiger partial charge in [-0.25, -0.2) is 4.98 Å². The minimum atomic E-state index is -0.443. The van der Waals surface area contributed by atoms with Gasteiger partial charge in [-0.15, -0.1) is 0 Å². The quantitative estimate of drug-likeness (QED) is 0.702. The number of benzene rings is 1. The Balaban J connectivity index is 1.59. The van der Waals surface area contributed by atoms with Gasteiger partial charge in [0.1, 0.15) is 11.6 Å². The van der Waals surface area contributed by atoms with Crippen LogP contribution < -0.4 is 15.6 Å². The monoisotopic (exact) mass is 381 g/mol. The standard InChI is InChI=1S/C20H23N5O3/c1-13-11-18(27)25-19(21-13)22-16(24-25)12-17(26)23-20(9-5-6-10-20)14-7-3-4-8-15(14)28-2/h3-4,7-8,11H,5-6,9-10,12H2,1-2H3,(H,23,26)(H,21,22,24). The van der Waals surface area contributed by atoms with E-state index >= 15 is 0 Å². The Morgan fingerprint density at radius 2 is 2.04 bits per heavy atom. The molecule has 28 heavy (non-hydrogen) atoms. The van der Waals surface area contributed by atoms with Crippen molar-refractivity contribution in [2.75, 3.05) is 7.11 Å². The lowest BCUT2D eigenvalue weighted by Gasteiger charge is -2.32. The Bertz CT molecular complexity index is 1080. The van der Waals surface area contributed by atoms with Gasteiger partial charge < -0.3 is 10.1 Å². The first-order chi connectivity index (χ1) is 13.5. The number of carbonyl (C=O) groups excluding carboxylic acids is 1. The normalized spacial score (nSPS) is 15.6. The molecule has 2 N–H and O–H groups in total. The molecular weight excluding hydrogens is 358 g/mol. The Labute approximate surface area is 161 Å². The second kappa shape index (κ2) is 7.10. The molecule has 3 aromatic rings. The predicted octanol–water partition coefficient (Wildman–Crippen LogP) is 1.86. The summed E-state index contributed by atoms with van der Waals surface area (Å²) in [5.74, 6) is 1.30. The lowest BCUT2D eigenvalue weighted by molar-refractivity contribution is -0.122. The number of nitrogens with zero attached hydrogens (tertiary/aromatic N) is 3. The van der Waals surface area contributed by atoms with Gasteiger partial charge in [0.15, 0.2) is 0 Å². The van der Waals surface area contributed by atoms with Crippen molar-refractivity contribution in [1.82, 2.24) is 24.9 Å². The summed E-state index contributed by atoms with van der Waals surface area (Å²) in [5, 5.41) is 6.08. The molecule has 1 aliphatic carbocycles. The number of nitrogens with one attached hydrogen (secondary N) is 2. The zero-order chi connectivity index (χ0) is 19.7. The number of hydrogen-bond acceptors (Lipinski definition) is 5. The van der Waals surface area contributed by atoms with Crippen LogP contribution in [0.3, 0.4) is 0 Å². The van der Waals surface area contributed by atoms with E-state index in [1.54, 1.807) is 14.0 Å². The molecule has 146 valence electrons. The SMILES string of the molecule is COc1ccccc1C1(NC(=O)Cc2nc3nc(C)cc(=O)n3[nH]2)CCCC1. The van der Waals surface area contributed by atoms with Crippen LogP contribution >= 0.6 is 0 Å². The van der Waals surface area contributed by atoms with Crippen LogP contribution in [0.25, 0.3) is 5.78 Å². The zero-order valence-electron chi connectivity index (χ0n) is 16.0. The number of methoxy groups -OCH3 is 1. The smallest absolute Gasteiger partial charge is 0.274 e. The van der Waals surface area contributed by atoms with Crippen molar-refractivity contribution in [2.45, 2.75) is 44.6 Å². The first kappa shape index (κ1) is 18.2. The molecule has 8 heteroatoms. The lowest BCUT2D eigenvalue weighted by Crippen LogP contribution is -2.44. The number of carbonyl (C=O) groups is 1. The Hall–Kier alpha value is -3.16. The van der Waals surface area contributed by atoms with Gasteiger partial charge in [0.25, 0.3) is 11.3 Å². The molecule has 0 atom stereocenters. The van der Waals surface area contributed by atoms with Crippen LogP contribution in [-0.4, -0.2) is 32.6 Å². The van der Waals surface area contributed by atoms with E-state index in [0.29, 0.717) is 11.5 Å². The van der Waals surface area contributed by atoms with E-state index in [1.807, 2.05) is 24.3 Å². The van der Waals surface area contributed by atoms with Crippen LogP contribution in [0.1, 0.15) is 42.8 Å². The number of amides is 1. The number of fused-ring (bicyclic) bond motifs is 1. The summed E-state index contributed by atoms with van der Waals surface area (Å²) in [6.45, 7) is 1.74. The van der Waals surface area contributed by atoms with Gasteiger partial charge in [0.2, 0.25) is 5.91 Å². The number of aromatic nitrogens is 4. The Morgan fingerprint density at radius 3 is 2.79 bits per heavy atom. The highest BCUT2D eigenvalue weighted by molar-refractivity contribution is 5.79. The lowest BCUT2D eigenvalue weighted by atomic mass is 9.87. The van der Waals surface area contributed by atoms with Crippen LogP contribution in [0.2, 0.25) is 0 Å². The number of H-pyrrole nitrogens is 1. The summed E-state index contributed by atoms with van der Waals surface area (Å²) in [6.07, 6.45) is 3.85. The second-order valence-corrected chi connectivity index (χ2v) is 7.26. The molecule has 1 amide bonds. The maximum absolute atomic E-state index is 12.9. The van der Waals surface area contributed by atoms with Crippen molar-refractivity contribution in [3.63, 3.8) is 0 Å². The number of aromatic amines is 1. The van der Waals surface area contributed by atoms with E-state index in [1.165, 1.54) is 10.6 Å². The molecule has 1 aromatic carbocycles. The van der Waals surface area contributed by atoms with E-state index in [4.69, 9.17) is 4.74 Å². The number of rotatable bonds is 5. The molecule has 1 fully saturated rings. The molecule has 0 radical (unpaired) electrons. The second-order valence-electron chi connectivity index (χ2n) is 7.26. The highest BCUT2D eigenvalue weighted by atomic mass is 16.5. The fourth-order valence-corrected chi connectivity index (χ4v) is 4.06. The van der Waals surface area contributed by atoms with Crippen molar-refractivity contribution in [2.24, 2.45) is 0 Å². The average Bonchev–Trinajstić information content (AvgIpc) is 3.29. The molecule has 0 spiro atoms. The number of ether oxygens (including phenoxy) is 1. The van der Waals surface area contributed by atoms with E-state index in [-0.39, 0.29) is 23.7 Å². The summed E-state index contributed by atoms with van der Waals surface area (Å²) in [6, 6.07) is 9.24. The average molecular weight is 381 g/mol. The van der Waals surface area contributed by atoms with Crippen LogP contribution in [-0.2, 0) is 16.8 Å². The van der Waals surface area contributed by atoms with Gasteiger partial charge in [-0.2, -0.15) is 9.50 Å². The van der Waals surface area contributed by atoms with Gasteiger partial charge in [-0.1, -0.05) is 31.0 Å². The molecule has 0 aliphatic heterocycles. The molecule has 2 aromatic heterocycles. The van der Waals surface area contributed by atoms with Crippen LogP contribution in [0.5, 0.6) is 5.75 Å². The minimum absolute atomic E-state index is 0.0404. The molecule has 0 unspecified atom stereocenters. The summed E-state index contributed by atoms with van der Waals surface area (Å²) in [5.41, 5.74) is 0.902. The largest absolute Gasteiger partial charge is 0.496 e. The molecule has 4 rings (SSSR count).